The van der Waals surface area contributed by atoms with Crippen molar-refractivity contribution in [2.45, 2.75) is 0 Å². The number of rotatable bonds is 6. The smallest absolute Gasteiger partial charge is 0.0175 e. The van der Waals surface area contributed by atoms with Gasteiger partial charge < -0.3 is 0 Å². The van der Waals surface area contributed by atoms with E-state index in [1.807, 2.05) is 0 Å². The number of hydrogen-bond donors (Lipinski definition) is 0. The first-order valence-electron chi connectivity index (χ1n) is 14.7. The van der Waals surface area contributed by atoms with Gasteiger partial charge in [-0.3, -0.25) is 0 Å². The Balaban J connectivity index is 1.54. The first kappa shape index (κ1) is 28.3. The maximum Gasteiger partial charge on any atom is 0.0175 e. The molecule has 0 amide bonds. The lowest BCUT2D eigenvalue weighted by Crippen LogP contribution is -1.94. The fourth-order valence-corrected chi connectivity index (χ4v) is 6.49. The van der Waals surface area contributed by atoms with Crippen LogP contribution in [0, 0.1) is 0 Å². The van der Waals surface area contributed by atoms with Crippen molar-refractivity contribution in [1.82, 2.24) is 0 Å². The number of fused-ring (bicyclic) bond motifs is 2. The van der Waals surface area contributed by atoms with E-state index in [0.29, 0.717) is 0 Å². The average molecular weight is 692 g/mol. The zero-order chi connectivity index (χ0) is 29.9. The zero-order valence-electron chi connectivity index (χ0n) is 23.9. The highest BCUT2D eigenvalue weighted by atomic mass is 79.9. The molecular formula is C42H28Br2. The van der Waals surface area contributed by atoms with E-state index in [9.17, 15) is 0 Å². The van der Waals surface area contributed by atoms with Crippen molar-refractivity contribution in [2.75, 3.05) is 0 Å². The summed E-state index contributed by atoms with van der Waals surface area (Å²) in [5, 5.41) is 4.91. The molecule has 0 heterocycles. The Bertz CT molecular complexity index is 1930. The van der Waals surface area contributed by atoms with Gasteiger partial charge in [-0.05, 0) is 102 Å². The number of halogens is 2. The number of hydrogen-bond acceptors (Lipinski definition) is 0. The van der Waals surface area contributed by atoms with Gasteiger partial charge in [-0.2, -0.15) is 0 Å². The third-order valence-corrected chi connectivity index (χ3v) is 9.13. The minimum absolute atomic E-state index is 1.07. The summed E-state index contributed by atoms with van der Waals surface area (Å²) >= 11 is 7.24. The van der Waals surface area contributed by atoms with E-state index in [4.69, 9.17) is 0 Å². The monoisotopic (exact) mass is 690 g/mol. The van der Waals surface area contributed by atoms with Crippen molar-refractivity contribution in [3.05, 3.63) is 200 Å². The Morgan fingerprint density at radius 3 is 0.909 bits per heavy atom. The van der Waals surface area contributed by atoms with E-state index < -0.39 is 0 Å². The molecule has 2 heteroatoms. The van der Waals surface area contributed by atoms with Crippen LogP contribution in [0.3, 0.4) is 0 Å². The van der Waals surface area contributed by atoms with Gasteiger partial charge >= 0.3 is 0 Å². The van der Waals surface area contributed by atoms with Crippen LogP contribution in [0.1, 0.15) is 33.4 Å². The van der Waals surface area contributed by atoms with Crippen LogP contribution in [0.25, 0.3) is 44.8 Å². The molecule has 0 aliphatic rings. The molecule has 44 heavy (non-hydrogen) atoms. The van der Waals surface area contributed by atoms with Crippen LogP contribution in [0.2, 0.25) is 0 Å². The molecule has 0 spiro atoms. The van der Waals surface area contributed by atoms with Crippen molar-refractivity contribution >= 4 is 76.7 Å². The van der Waals surface area contributed by atoms with Crippen LogP contribution in [-0.4, -0.2) is 0 Å². The Labute approximate surface area is 275 Å². The van der Waals surface area contributed by atoms with Gasteiger partial charge in [0, 0.05) is 8.95 Å². The van der Waals surface area contributed by atoms with Gasteiger partial charge in [0.05, 0.1) is 0 Å². The van der Waals surface area contributed by atoms with E-state index in [-0.39, 0.29) is 0 Å². The summed E-state index contributed by atoms with van der Waals surface area (Å²) < 4.78 is 2.14. The lowest BCUT2D eigenvalue weighted by molar-refractivity contribution is 1.54. The summed E-state index contributed by atoms with van der Waals surface area (Å²) in [6.07, 6.45) is 4.76. The molecule has 0 saturated carbocycles. The highest BCUT2D eigenvalue weighted by Gasteiger charge is 2.15. The summed E-state index contributed by atoms with van der Waals surface area (Å²) in [4.78, 5) is 0. The Hall–Kier alpha value is -4.50. The predicted molar refractivity (Wildman–Crippen MR) is 197 cm³/mol. The van der Waals surface area contributed by atoms with Crippen LogP contribution in [0.5, 0.6) is 0 Å². The lowest BCUT2D eigenvalue weighted by Gasteiger charge is -2.17. The van der Waals surface area contributed by atoms with Crippen molar-refractivity contribution in [2.24, 2.45) is 0 Å². The van der Waals surface area contributed by atoms with Crippen LogP contribution in [0.15, 0.2) is 167 Å². The largest absolute Gasteiger partial charge is 0.0622 e. The highest BCUT2D eigenvalue weighted by Crippen LogP contribution is 2.39. The molecule has 0 N–H and O–H groups in total. The quantitative estimate of drug-likeness (QED) is 0.120. The molecular weight excluding hydrogens is 664 g/mol. The molecule has 0 aromatic heterocycles. The van der Waals surface area contributed by atoms with Gasteiger partial charge in [0.25, 0.3) is 0 Å². The second-order valence-corrected chi connectivity index (χ2v) is 12.6. The maximum absolute atomic E-state index is 3.62. The lowest BCUT2D eigenvalue weighted by atomic mass is 9.87. The standard InChI is InChI=1S/C42H28Br2/c43-33-23-19-31(20-24-33)39(29-11-3-1-4-12-29)27-41-35-15-7-9-17-37(35)42(38-18-10-8-16-36(38)41)28-40(30-13-5-2-6-14-30)32-21-25-34(44)26-22-32/h1-28H/b39-27+,40-28+. The van der Waals surface area contributed by atoms with Crippen molar-refractivity contribution in [1.29, 1.82) is 0 Å². The summed E-state index contributed by atoms with van der Waals surface area (Å²) in [5.41, 5.74) is 9.56. The minimum atomic E-state index is 1.07. The van der Waals surface area contributed by atoms with E-state index in [0.717, 1.165) is 8.95 Å². The molecule has 7 aromatic rings. The van der Waals surface area contributed by atoms with Gasteiger partial charge in [0.2, 0.25) is 0 Å². The van der Waals surface area contributed by atoms with Gasteiger partial charge in [0.15, 0.2) is 0 Å². The van der Waals surface area contributed by atoms with E-state index in [2.05, 4.69) is 202 Å². The van der Waals surface area contributed by atoms with Gasteiger partial charge in [-0.1, -0.05) is 165 Å². The van der Waals surface area contributed by atoms with Crippen molar-refractivity contribution in [3.63, 3.8) is 0 Å². The van der Waals surface area contributed by atoms with Crippen LogP contribution in [-0.2, 0) is 0 Å². The third-order valence-electron chi connectivity index (χ3n) is 8.07. The second-order valence-electron chi connectivity index (χ2n) is 10.8. The fourth-order valence-electron chi connectivity index (χ4n) is 5.96. The molecule has 210 valence electrons. The van der Waals surface area contributed by atoms with E-state index >= 15 is 0 Å². The van der Waals surface area contributed by atoms with Crippen molar-refractivity contribution < 1.29 is 0 Å². The van der Waals surface area contributed by atoms with E-state index in [1.165, 1.54) is 66.1 Å². The van der Waals surface area contributed by atoms with Gasteiger partial charge in [-0.15, -0.1) is 0 Å². The molecule has 0 saturated heterocycles. The normalized spacial score (nSPS) is 12.1. The Kier molecular flexibility index (Phi) is 8.11. The predicted octanol–water partition coefficient (Wildman–Crippen LogP) is 12.7. The fraction of sp³-hybridized carbons (Fsp3) is 0. The molecule has 0 aliphatic heterocycles. The molecule has 0 fully saturated rings. The zero-order valence-corrected chi connectivity index (χ0v) is 27.1. The summed E-state index contributed by atoms with van der Waals surface area (Å²) in [7, 11) is 0. The van der Waals surface area contributed by atoms with Gasteiger partial charge in [-0.25, -0.2) is 0 Å². The summed E-state index contributed by atoms with van der Waals surface area (Å²) in [6.45, 7) is 0. The van der Waals surface area contributed by atoms with Crippen molar-refractivity contribution in [3.8, 4) is 0 Å². The van der Waals surface area contributed by atoms with Gasteiger partial charge in [0.1, 0.15) is 0 Å². The third kappa shape index (κ3) is 5.71. The highest BCUT2D eigenvalue weighted by molar-refractivity contribution is 9.10. The van der Waals surface area contributed by atoms with Crippen LogP contribution >= 0.6 is 31.9 Å². The molecule has 7 aromatic carbocycles. The van der Waals surface area contributed by atoms with Crippen LogP contribution in [0.4, 0.5) is 0 Å². The molecule has 0 unspecified atom stereocenters. The molecule has 0 radical (unpaired) electrons. The molecule has 0 bridgehead atoms. The minimum Gasteiger partial charge on any atom is -0.0622 e. The van der Waals surface area contributed by atoms with Crippen LogP contribution < -0.4 is 0 Å². The summed E-state index contributed by atoms with van der Waals surface area (Å²) in [6, 6.07) is 56.2. The summed E-state index contributed by atoms with van der Waals surface area (Å²) in [5.74, 6) is 0. The SMILES string of the molecule is Brc1ccc(/C(=C/c2c3ccccc3c(/C=C(\c3ccccc3)c3ccc(Br)cc3)c3ccccc23)c2ccccc2)cc1. The Morgan fingerprint density at radius 1 is 0.318 bits per heavy atom. The molecule has 0 aliphatic carbocycles. The maximum atomic E-state index is 3.62. The molecule has 0 atom stereocenters. The average Bonchev–Trinajstić information content (AvgIpc) is 3.08. The Morgan fingerprint density at radius 2 is 0.591 bits per heavy atom. The molecule has 7 rings (SSSR count). The first-order valence-corrected chi connectivity index (χ1v) is 16.2. The topological polar surface area (TPSA) is 0 Å². The second kappa shape index (κ2) is 12.6. The van der Waals surface area contributed by atoms with E-state index in [1.54, 1.807) is 0 Å². The molecule has 0 nitrogen and oxygen atoms in total. The first-order chi connectivity index (χ1) is 21.7. The number of benzene rings is 7.